The molecule has 3 aromatic rings. The fourth-order valence-electron chi connectivity index (χ4n) is 1.98. The Balaban J connectivity index is 2.19. The fourth-order valence-corrected chi connectivity index (χ4v) is 2.96. The molecule has 0 bridgehead atoms. The molecule has 0 spiro atoms. The van der Waals surface area contributed by atoms with Crippen molar-refractivity contribution in [2.24, 2.45) is 0 Å². The van der Waals surface area contributed by atoms with Gasteiger partial charge in [0.05, 0.1) is 15.8 Å². The van der Waals surface area contributed by atoms with Crippen LogP contribution in [0.4, 0.5) is 0 Å². The molecule has 0 aliphatic rings. The monoisotopic (exact) mass is 255 g/mol. The molecule has 18 heavy (non-hydrogen) atoms. The van der Waals surface area contributed by atoms with Crippen LogP contribution in [0.15, 0.2) is 36.4 Å². The van der Waals surface area contributed by atoms with Gasteiger partial charge in [-0.3, -0.25) is 0 Å². The van der Waals surface area contributed by atoms with Gasteiger partial charge in [0.15, 0.2) is 0 Å². The van der Waals surface area contributed by atoms with E-state index < -0.39 is 0 Å². The molecule has 0 fully saturated rings. The molecule has 0 saturated heterocycles. The van der Waals surface area contributed by atoms with Crippen LogP contribution in [0, 0.1) is 13.8 Å². The Morgan fingerprint density at radius 2 is 1.72 bits per heavy atom. The zero-order valence-corrected chi connectivity index (χ0v) is 11.1. The quantitative estimate of drug-likeness (QED) is 0.703. The molecule has 90 valence electrons. The number of rotatable bonds is 1. The highest BCUT2D eigenvalue weighted by molar-refractivity contribution is 7.21. The Morgan fingerprint density at radius 3 is 2.50 bits per heavy atom. The van der Waals surface area contributed by atoms with Crippen molar-refractivity contribution in [3.05, 3.63) is 47.5 Å². The summed E-state index contributed by atoms with van der Waals surface area (Å²) < 4.78 is 1.15. The van der Waals surface area contributed by atoms with Crippen molar-refractivity contribution in [2.75, 3.05) is 0 Å². The van der Waals surface area contributed by atoms with E-state index in [2.05, 4.69) is 30.1 Å². The molecule has 0 amide bonds. The summed E-state index contributed by atoms with van der Waals surface area (Å²) in [4.78, 5) is 4.59. The normalized spacial score (nSPS) is 11.0. The predicted octanol–water partition coefficient (Wildman–Crippen LogP) is 4.29. The zero-order valence-electron chi connectivity index (χ0n) is 10.3. The van der Waals surface area contributed by atoms with Crippen molar-refractivity contribution < 1.29 is 5.11 Å². The Morgan fingerprint density at radius 1 is 1.00 bits per heavy atom. The van der Waals surface area contributed by atoms with Gasteiger partial charge in [-0.1, -0.05) is 12.1 Å². The zero-order chi connectivity index (χ0) is 12.7. The summed E-state index contributed by atoms with van der Waals surface area (Å²) in [5, 5.41) is 10.9. The molecule has 1 aromatic heterocycles. The van der Waals surface area contributed by atoms with Crippen molar-refractivity contribution in [2.45, 2.75) is 13.8 Å². The highest BCUT2D eigenvalue weighted by Crippen LogP contribution is 2.35. The van der Waals surface area contributed by atoms with Crippen LogP contribution in [0.5, 0.6) is 5.75 Å². The van der Waals surface area contributed by atoms with Crippen LogP contribution >= 0.6 is 11.3 Å². The van der Waals surface area contributed by atoms with Crippen LogP contribution in [-0.4, -0.2) is 10.1 Å². The first kappa shape index (κ1) is 11.2. The average Bonchev–Trinajstić information content (AvgIpc) is 2.71. The standard InChI is InChI=1S/C15H13NOS/c1-9-4-6-14-12(7-9)16-15(18-14)11-5-3-10(2)8-13(11)17/h3-8,17H,1-2H3. The fraction of sp³-hybridized carbons (Fsp3) is 0.133. The summed E-state index contributed by atoms with van der Waals surface area (Å²) in [5.74, 6) is 0.297. The Hall–Kier alpha value is -1.87. The number of phenolic OH excluding ortho intramolecular Hbond substituents is 1. The van der Waals surface area contributed by atoms with Gasteiger partial charge in [-0.15, -0.1) is 11.3 Å². The number of aromatic nitrogens is 1. The molecule has 2 nitrogen and oxygen atoms in total. The van der Waals surface area contributed by atoms with Crippen LogP contribution in [0.25, 0.3) is 20.8 Å². The number of aryl methyl sites for hydroxylation is 2. The molecule has 0 atom stereocenters. The SMILES string of the molecule is Cc1ccc(-c2nc3cc(C)ccc3s2)c(O)c1. The van der Waals surface area contributed by atoms with Gasteiger partial charge in [0.25, 0.3) is 0 Å². The number of nitrogens with zero attached hydrogens (tertiary/aromatic N) is 1. The van der Waals surface area contributed by atoms with Gasteiger partial charge in [0.2, 0.25) is 0 Å². The summed E-state index contributed by atoms with van der Waals surface area (Å²) in [6, 6.07) is 11.9. The predicted molar refractivity (Wildman–Crippen MR) is 76.2 cm³/mol. The Bertz CT molecular complexity index is 730. The second-order valence-electron chi connectivity index (χ2n) is 4.51. The molecule has 3 rings (SSSR count). The molecule has 0 saturated carbocycles. The molecule has 2 aromatic carbocycles. The third-order valence-electron chi connectivity index (χ3n) is 2.93. The van der Waals surface area contributed by atoms with Gasteiger partial charge in [0.1, 0.15) is 10.8 Å². The van der Waals surface area contributed by atoms with E-state index in [9.17, 15) is 5.11 Å². The van der Waals surface area contributed by atoms with E-state index in [1.807, 2.05) is 19.1 Å². The second-order valence-corrected chi connectivity index (χ2v) is 5.54. The van der Waals surface area contributed by atoms with Crippen molar-refractivity contribution in [3.8, 4) is 16.3 Å². The number of fused-ring (bicyclic) bond motifs is 1. The molecule has 1 heterocycles. The Labute approximate surface area is 110 Å². The maximum atomic E-state index is 9.99. The number of hydrogen-bond acceptors (Lipinski definition) is 3. The van der Waals surface area contributed by atoms with Crippen LogP contribution in [-0.2, 0) is 0 Å². The summed E-state index contributed by atoms with van der Waals surface area (Å²) in [7, 11) is 0. The Kier molecular flexibility index (Phi) is 2.56. The molecule has 1 N–H and O–H groups in total. The van der Waals surface area contributed by atoms with Crippen LogP contribution < -0.4 is 0 Å². The van der Waals surface area contributed by atoms with Crippen molar-refractivity contribution in [1.29, 1.82) is 0 Å². The number of aromatic hydroxyl groups is 1. The number of thiazole rings is 1. The van der Waals surface area contributed by atoms with Crippen molar-refractivity contribution in [3.63, 3.8) is 0 Å². The summed E-state index contributed by atoms with van der Waals surface area (Å²) in [5.41, 5.74) is 4.05. The van der Waals surface area contributed by atoms with Gasteiger partial charge in [-0.05, 0) is 49.2 Å². The topological polar surface area (TPSA) is 33.1 Å². The molecule has 0 radical (unpaired) electrons. The van der Waals surface area contributed by atoms with Gasteiger partial charge in [-0.25, -0.2) is 4.98 Å². The lowest BCUT2D eigenvalue weighted by atomic mass is 10.1. The van der Waals surface area contributed by atoms with Gasteiger partial charge >= 0.3 is 0 Å². The molecule has 3 heteroatoms. The molecule has 0 aliphatic heterocycles. The molecule has 0 unspecified atom stereocenters. The minimum atomic E-state index is 0.297. The smallest absolute Gasteiger partial charge is 0.128 e. The first-order chi connectivity index (χ1) is 8.63. The summed E-state index contributed by atoms with van der Waals surface area (Å²) in [6.45, 7) is 4.02. The largest absolute Gasteiger partial charge is 0.507 e. The molecule has 0 aliphatic carbocycles. The van der Waals surface area contributed by atoms with Gasteiger partial charge in [0, 0.05) is 0 Å². The molecular weight excluding hydrogens is 242 g/mol. The van der Waals surface area contributed by atoms with Crippen molar-refractivity contribution >= 4 is 21.6 Å². The first-order valence-electron chi connectivity index (χ1n) is 5.81. The van der Waals surface area contributed by atoms with Crippen LogP contribution in [0.2, 0.25) is 0 Å². The number of hydrogen-bond donors (Lipinski definition) is 1. The molecular formula is C15H13NOS. The highest BCUT2D eigenvalue weighted by Gasteiger charge is 2.10. The number of benzene rings is 2. The van der Waals surface area contributed by atoms with Gasteiger partial charge in [-0.2, -0.15) is 0 Å². The summed E-state index contributed by atoms with van der Waals surface area (Å²) in [6.07, 6.45) is 0. The van der Waals surface area contributed by atoms with E-state index in [0.29, 0.717) is 5.75 Å². The first-order valence-corrected chi connectivity index (χ1v) is 6.62. The van der Waals surface area contributed by atoms with E-state index in [4.69, 9.17) is 0 Å². The lowest BCUT2D eigenvalue weighted by Crippen LogP contribution is -1.79. The minimum absolute atomic E-state index is 0.297. The maximum absolute atomic E-state index is 9.99. The second kappa shape index (κ2) is 4.10. The lowest BCUT2D eigenvalue weighted by Gasteiger charge is -2.01. The van der Waals surface area contributed by atoms with E-state index in [1.54, 1.807) is 17.4 Å². The van der Waals surface area contributed by atoms with E-state index in [-0.39, 0.29) is 0 Å². The van der Waals surface area contributed by atoms with Gasteiger partial charge < -0.3 is 5.11 Å². The van der Waals surface area contributed by atoms with E-state index in [0.717, 1.165) is 26.4 Å². The number of phenols is 1. The van der Waals surface area contributed by atoms with Crippen LogP contribution in [0.3, 0.4) is 0 Å². The minimum Gasteiger partial charge on any atom is -0.507 e. The van der Waals surface area contributed by atoms with Crippen molar-refractivity contribution in [1.82, 2.24) is 4.98 Å². The third-order valence-corrected chi connectivity index (χ3v) is 4.00. The summed E-state index contributed by atoms with van der Waals surface area (Å²) >= 11 is 1.61. The van der Waals surface area contributed by atoms with Crippen LogP contribution in [0.1, 0.15) is 11.1 Å². The average molecular weight is 255 g/mol. The third kappa shape index (κ3) is 1.87. The van der Waals surface area contributed by atoms with E-state index >= 15 is 0 Å². The maximum Gasteiger partial charge on any atom is 0.128 e. The highest BCUT2D eigenvalue weighted by atomic mass is 32.1. The lowest BCUT2D eigenvalue weighted by molar-refractivity contribution is 0.477. The van der Waals surface area contributed by atoms with E-state index in [1.165, 1.54) is 5.56 Å².